The van der Waals surface area contributed by atoms with Gasteiger partial charge in [-0.3, -0.25) is 4.79 Å². The molecule has 5 nitrogen and oxygen atoms in total. The molecule has 1 aliphatic heterocycles. The molecule has 0 saturated heterocycles. The number of aryl methyl sites for hydroxylation is 1. The summed E-state index contributed by atoms with van der Waals surface area (Å²) in [5.74, 6) is 2.17. The van der Waals surface area contributed by atoms with Crippen LogP contribution < -0.4 is 10.1 Å². The topological polar surface area (TPSA) is 56.1 Å². The van der Waals surface area contributed by atoms with Gasteiger partial charge in [-0.15, -0.1) is 0 Å². The van der Waals surface area contributed by atoms with E-state index in [1.807, 2.05) is 36.7 Å². The molecule has 0 unspecified atom stereocenters. The van der Waals surface area contributed by atoms with Gasteiger partial charge in [-0.2, -0.15) is 0 Å². The van der Waals surface area contributed by atoms with Crippen molar-refractivity contribution in [1.82, 2.24) is 14.9 Å². The summed E-state index contributed by atoms with van der Waals surface area (Å²) in [4.78, 5) is 16.7. The second-order valence-corrected chi connectivity index (χ2v) is 6.15. The quantitative estimate of drug-likeness (QED) is 0.923. The molecule has 2 aromatic rings. The van der Waals surface area contributed by atoms with Crippen LogP contribution in [0.15, 0.2) is 36.7 Å². The first kappa shape index (κ1) is 15.6. The number of aromatic nitrogens is 2. The molecule has 1 amide bonds. The van der Waals surface area contributed by atoms with Crippen LogP contribution in [0.2, 0.25) is 0 Å². The second kappa shape index (κ2) is 6.86. The van der Waals surface area contributed by atoms with Gasteiger partial charge in [0.15, 0.2) is 0 Å². The molecule has 2 heterocycles. The van der Waals surface area contributed by atoms with E-state index >= 15 is 0 Å². The number of methoxy groups -OCH3 is 1. The van der Waals surface area contributed by atoms with Crippen LogP contribution in [0.4, 0.5) is 0 Å². The molecular formula is C18H23N3O2. The summed E-state index contributed by atoms with van der Waals surface area (Å²) in [6.07, 6.45) is 6.13. The molecule has 0 bridgehead atoms. The lowest BCUT2D eigenvalue weighted by molar-refractivity contribution is -0.122. The maximum atomic E-state index is 12.4. The molecule has 2 atom stereocenters. The van der Waals surface area contributed by atoms with E-state index in [4.69, 9.17) is 4.74 Å². The summed E-state index contributed by atoms with van der Waals surface area (Å²) >= 11 is 0. The number of rotatable bonds is 5. The average Bonchev–Trinajstić information content (AvgIpc) is 3.02. The van der Waals surface area contributed by atoms with Gasteiger partial charge in [0, 0.05) is 37.8 Å². The summed E-state index contributed by atoms with van der Waals surface area (Å²) in [5.41, 5.74) is 1.07. The van der Waals surface area contributed by atoms with E-state index in [-0.39, 0.29) is 17.9 Å². The monoisotopic (exact) mass is 313 g/mol. The molecule has 0 radical (unpaired) electrons. The predicted molar refractivity (Wildman–Crippen MR) is 88.5 cm³/mol. The van der Waals surface area contributed by atoms with Gasteiger partial charge in [-0.1, -0.05) is 25.1 Å². The third kappa shape index (κ3) is 3.55. The van der Waals surface area contributed by atoms with Gasteiger partial charge in [-0.05, 0) is 24.0 Å². The maximum Gasteiger partial charge on any atom is 0.220 e. The number of fused-ring (bicyclic) bond motifs is 1. The molecule has 1 aliphatic rings. The van der Waals surface area contributed by atoms with Gasteiger partial charge in [0.05, 0.1) is 7.11 Å². The summed E-state index contributed by atoms with van der Waals surface area (Å²) in [7, 11) is 1.66. The number of para-hydroxylation sites is 1. The third-order valence-electron chi connectivity index (χ3n) is 4.46. The molecule has 1 N–H and O–H groups in total. The van der Waals surface area contributed by atoms with Crippen LogP contribution in [0.25, 0.3) is 0 Å². The SMILES string of the molecule is COc1ccccc1[C@@H](C)CC(=O)N[C@@H]1CCc2nccn2C1. The Morgan fingerprint density at radius 2 is 2.30 bits per heavy atom. The van der Waals surface area contributed by atoms with Gasteiger partial charge in [0.25, 0.3) is 0 Å². The zero-order chi connectivity index (χ0) is 16.2. The number of carbonyl (C=O) groups is 1. The average molecular weight is 313 g/mol. The van der Waals surface area contributed by atoms with Gasteiger partial charge in [0.2, 0.25) is 5.91 Å². The van der Waals surface area contributed by atoms with Crippen LogP contribution in [0.3, 0.4) is 0 Å². The van der Waals surface area contributed by atoms with E-state index in [9.17, 15) is 4.79 Å². The molecule has 0 saturated carbocycles. The van der Waals surface area contributed by atoms with Crippen LogP contribution >= 0.6 is 0 Å². The van der Waals surface area contributed by atoms with Crippen molar-refractivity contribution < 1.29 is 9.53 Å². The molecule has 1 aromatic heterocycles. The molecule has 122 valence electrons. The molecular weight excluding hydrogens is 290 g/mol. The number of amides is 1. The smallest absolute Gasteiger partial charge is 0.220 e. The fraction of sp³-hybridized carbons (Fsp3) is 0.444. The van der Waals surface area contributed by atoms with Crippen LogP contribution in [0.5, 0.6) is 5.75 Å². The Bertz CT molecular complexity index is 680. The van der Waals surface area contributed by atoms with Gasteiger partial charge < -0.3 is 14.6 Å². The number of nitrogens with one attached hydrogen (secondary N) is 1. The van der Waals surface area contributed by atoms with E-state index in [0.29, 0.717) is 6.42 Å². The van der Waals surface area contributed by atoms with Crippen molar-refractivity contribution >= 4 is 5.91 Å². The number of nitrogens with zero attached hydrogens (tertiary/aromatic N) is 2. The van der Waals surface area contributed by atoms with Gasteiger partial charge >= 0.3 is 0 Å². The predicted octanol–water partition coefficient (Wildman–Crippen LogP) is 2.52. The lowest BCUT2D eigenvalue weighted by atomic mass is 9.96. The zero-order valence-corrected chi connectivity index (χ0v) is 13.7. The Hall–Kier alpha value is -2.30. The molecule has 0 spiro atoms. The standard InChI is InChI=1S/C18H23N3O2/c1-13(15-5-3-4-6-16(15)23-2)11-18(22)20-14-7-8-17-19-9-10-21(17)12-14/h3-6,9-10,13-14H,7-8,11-12H2,1-2H3,(H,20,22)/t13-,14+/m0/s1. The Morgan fingerprint density at radius 1 is 1.48 bits per heavy atom. The van der Waals surface area contributed by atoms with E-state index < -0.39 is 0 Å². The van der Waals surface area contributed by atoms with Crippen molar-refractivity contribution in [3.63, 3.8) is 0 Å². The summed E-state index contributed by atoms with van der Waals surface area (Å²) in [6.45, 7) is 2.87. The molecule has 0 fully saturated rings. The van der Waals surface area contributed by atoms with Crippen molar-refractivity contribution in [2.75, 3.05) is 7.11 Å². The van der Waals surface area contributed by atoms with Gasteiger partial charge in [0.1, 0.15) is 11.6 Å². The number of hydrogen-bond donors (Lipinski definition) is 1. The number of ether oxygens (including phenoxy) is 1. The van der Waals surface area contributed by atoms with Gasteiger partial charge in [-0.25, -0.2) is 4.98 Å². The molecule has 3 rings (SSSR count). The maximum absolute atomic E-state index is 12.4. The van der Waals surface area contributed by atoms with Crippen molar-refractivity contribution in [3.8, 4) is 5.75 Å². The minimum Gasteiger partial charge on any atom is -0.496 e. The molecule has 5 heteroatoms. The fourth-order valence-electron chi connectivity index (χ4n) is 3.23. The second-order valence-electron chi connectivity index (χ2n) is 6.15. The zero-order valence-electron chi connectivity index (χ0n) is 13.7. The third-order valence-corrected chi connectivity index (χ3v) is 4.46. The fourth-order valence-corrected chi connectivity index (χ4v) is 3.23. The summed E-state index contributed by atoms with van der Waals surface area (Å²) in [6, 6.07) is 8.07. The van der Waals surface area contributed by atoms with Crippen LogP contribution in [0.1, 0.15) is 37.1 Å². The Morgan fingerprint density at radius 3 is 3.13 bits per heavy atom. The van der Waals surface area contributed by atoms with E-state index in [1.165, 1.54) is 0 Å². The lowest BCUT2D eigenvalue weighted by Gasteiger charge is -2.25. The first-order valence-electron chi connectivity index (χ1n) is 8.09. The van der Waals surface area contributed by atoms with E-state index in [1.54, 1.807) is 7.11 Å². The Kier molecular flexibility index (Phi) is 4.65. The van der Waals surface area contributed by atoms with Crippen molar-refractivity contribution in [1.29, 1.82) is 0 Å². The molecule has 0 aliphatic carbocycles. The highest BCUT2D eigenvalue weighted by Crippen LogP contribution is 2.28. The van der Waals surface area contributed by atoms with Crippen molar-refractivity contribution in [2.24, 2.45) is 0 Å². The molecule has 23 heavy (non-hydrogen) atoms. The highest BCUT2D eigenvalue weighted by molar-refractivity contribution is 5.77. The summed E-state index contributed by atoms with van der Waals surface area (Å²) in [5, 5.41) is 3.16. The highest BCUT2D eigenvalue weighted by atomic mass is 16.5. The van der Waals surface area contributed by atoms with E-state index in [2.05, 4.69) is 21.8 Å². The van der Waals surface area contributed by atoms with Crippen molar-refractivity contribution in [3.05, 3.63) is 48.0 Å². The number of benzene rings is 1. The first-order chi connectivity index (χ1) is 11.2. The lowest BCUT2D eigenvalue weighted by Crippen LogP contribution is -2.41. The number of imidazole rings is 1. The number of hydrogen-bond acceptors (Lipinski definition) is 3. The van der Waals surface area contributed by atoms with Crippen molar-refractivity contribution in [2.45, 2.75) is 44.7 Å². The largest absolute Gasteiger partial charge is 0.496 e. The summed E-state index contributed by atoms with van der Waals surface area (Å²) < 4.78 is 7.51. The Labute approximate surface area is 136 Å². The number of carbonyl (C=O) groups excluding carboxylic acids is 1. The normalized spacial score (nSPS) is 18.1. The Balaban J connectivity index is 1.57. The minimum absolute atomic E-state index is 0.0944. The minimum atomic E-state index is 0.0944. The highest BCUT2D eigenvalue weighted by Gasteiger charge is 2.22. The van der Waals surface area contributed by atoms with Crippen LogP contribution in [-0.4, -0.2) is 28.6 Å². The van der Waals surface area contributed by atoms with Crippen LogP contribution in [-0.2, 0) is 17.8 Å². The van der Waals surface area contributed by atoms with E-state index in [0.717, 1.165) is 36.5 Å². The first-order valence-corrected chi connectivity index (χ1v) is 8.09. The molecule has 1 aromatic carbocycles. The van der Waals surface area contributed by atoms with Crippen LogP contribution in [0, 0.1) is 0 Å².